The van der Waals surface area contributed by atoms with Crippen LogP contribution in [0, 0.1) is 5.92 Å². The van der Waals surface area contributed by atoms with Gasteiger partial charge in [-0.25, -0.2) is 9.97 Å². The fourth-order valence-electron chi connectivity index (χ4n) is 2.42. The SMILES string of the molecule is CCc1cc2c(SCC3CCNCC3)ncnc2s1. The van der Waals surface area contributed by atoms with E-state index in [1.807, 2.05) is 11.8 Å². The Morgan fingerprint density at radius 3 is 3.00 bits per heavy atom. The third kappa shape index (κ3) is 3.09. The molecule has 0 amide bonds. The quantitative estimate of drug-likeness (QED) is 0.693. The maximum absolute atomic E-state index is 4.48. The normalized spacial score (nSPS) is 17.1. The molecule has 102 valence electrons. The topological polar surface area (TPSA) is 37.8 Å². The van der Waals surface area contributed by atoms with Crippen molar-refractivity contribution in [1.82, 2.24) is 15.3 Å². The molecule has 0 bridgehead atoms. The molecule has 3 heterocycles. The molecule has 1 N–H and O–H groups in total. The molecule has 1 aliphatic heterocycles. The van der Waals surface area contributed by atoms with E-state index in [9.17, 15) is 0 Å². The highest BCUT2D eigenvalue weighted by molar-refractivity contribution is 7.99. The molecule has 3 rings (SSSR count). The summed E-state index contributed by atoms with van der Waals surface area (Å²) in [4.78, 5) is 11.4. The second-order valence-electron chi connectivity index (χ2n) is 4.97. The van der Waals surface area contributed by atoms with Crippen LogP contribution in [0.15, 0.2) is 17.4 Å². The number of fused-ring (bicyclic) bond motifs is 1. The van der Waals surface area contributed by atoms with Crippen molar-refractivity contribution in [2.75, 3.05) is 18.8 Å². The molecule has 0 radical (unpaired) electrons. The van der Waals surface area contributed by atoms with E-state index in [0.29, 0.717) is 0 Å². The third-order valence-corrected chi connectivity index (χ3v) is 6.03. The fourth-order valence-corrected chi connectivity index (χ4v) is 4.58. The molecule has 0 saturated carbocycles. The maximum Gasteiger partial charge on any atom is 0.128 e. The lowest BCUT2D eigenvalue weighted by Crippen LogP contribution is -2.28. The van der Waals surface area contributed by atoms with Gasteiger partial charge in [-0.2, -0.15) is 0 Å². The number of aromatic nitrogens is 2. The second-order valence-corrected chi connectivity index (χ2v) is 7.09. The average Bonchev–Trinajstić information content (AvgIpc) is 2.90. The van der Waals surface area contributed by atoms with Crippen LogP contribution in [0.2, 0.25) is 0 Å². The Morgan fingerprint density at radius 1 is 1.37 bits per heavy atom. The zero-order valence-corrected chi connectivity index (χ0v) is 12.8. The van der Waals surface area contributed by atoms with E-state index < -0.39 is 0 Å². The van der Waals surface area contributed by atoms with E-state index >= 15 is 0 Å². The molecule has 3 nitrogen and oxygen atoms in total. The van der Waals surface area contributed by atoms with E-state index in [1.54, 1.807) is 17.7 Å². The van der Waals surface area contributed by atoms with Crippen molar-refractivity contribution in [2.45, 2.75) is 31.2 Å². The van der Waals surface area contributed by atoms with Crippen LogP contribution >= 0.6 is 23.1 Å². The summed E-state index contributed by atoms with van der Waals surface area (Å²) in [6, 6.07) is 2.27. The largest absolute Gasteiger partial charge is 0.317 e. The van der Waals surface area contributed by atoms with E-state index in [-0.39, 0.29) is 0 Å². The zero-order valence-electron chi connectivity index (χ0n) is 11.2. The molecular formula is C14H19N3S2. The van der Waals surface area contributed by atoms with Crippen LogP contribution in [0.1, 0.15) is 24.6 Å². The summed E-state index contributed by atoms with van der Waals surface area (Å²) in [5, 5.41) is 5.84. The van der Waals surface area contributed by atoms with Crippen LogP contribution in [-0.2, 0) is 6.42 Å². The molecule has 19 heavy (non-hydrogen) atoms. The molecule has 2 aromatic heterocycles. The Labute approximate surface area is 122 Å². The minimum atomic E-state index is 0.834. The van der Waals surface area contributed by atoms with Crippen molar-refractivity contribution >= 4 is 33.3 Å². The average molecular weight is 293 g/mol. The van der Waals surface area contributed by atoms with Crippen LogP contribution < -0.4 is 5.32 Å². The first-order chi connectivity index (χ1) is 9.36. The molecule has 5 heteroatoms. The lowest BCUT2D eigenvalue weighted by atomic mass is 10.0. The summed E-state index contributed by atoms with van der Waals surface area (Å²) in [7, 11) is 0. The standard InChI is InChI=1S/C14H19N3S2/c1-2-11-7-12-13(16-9-17-14(12)19-11)18-8-10-3-5-15-6-4-10/h7,9-10,15H,2-6,8H2,1H3. The maximum atomic E-state index is 4.48. The number of thioether (sulfide) groups is 1. The van der Waals surface area contributed by atoms with Gasteiger partial charge in [0.2, 0.25) is 0 Å². The fraction of sp³-hybridized carbons (Fsp3) is 0.571. The second kappa shape index (κ2) is 6.20. The first-order valence-corrected chi connectivity index (χ1v) is 8.74. The van der Waals surface area contributed by atoms with Crippen LogP contribution in [-0.4, -0.2) is 28.8 Å². The molecular weight excluding hydrogens is 274 g/mol. The molecule has 0 atom stereocenters. The summed E-state index contributed by atoms with van der Waals surface area (Å²) in [5.74, 6) is 2.02. The van der Waals surface area contributed by atoms with Gasteiger partial charge in [-0.05, 0) is 44.3 Å². The summed E-state index contributed by atoms with van der Waals surface area (Å²) in [6.45, 7) is 4.53. The minimum absolute atomic E-state index is 0.834. The van der Waals surface area contributed by atoms with E-state index in [1.165, 1.54) is 47.0 Å². The summed E-state index contributed by atoms with van der Waals surface area (Å²) < 4.78 is 0. The van der Waals surface area contributed by atoms with Gasteiger partial charge in [0.25, 0.3) is 0 Å². The molecule has 1 saturated heterocycles. The van der Waals surface area contributed by atoms with Gasteiger partial charge in [-0.1, -0.05) is 6.92 Å². The Bertz CT molecular complexity index is 547. The summed E-state index contributed by atoms with van der Waals surface area (Å²) in [5.41, 5.74) is 0. The number of hydrogen-bond acceptors (Lipinski definition) is 5. The molecule has 0 aromatic carbocycles. The Balaban J connectivity index is 1.74. The smallest absolute Gasteiger partial charge is 0.128 e. The third-order valence-electron chi connectivity index (χ3n) is 3.61. The van der Waals surface area contributed by atoms with Gasteiger partial charge in [0.15, 0.2) is 0 Å². The first-order valence-electron chi connectivity index (χ1n) is 6.93. The van der Waals surface area contributed by atoms with Crippen molar-refractivity contribution in [3.05, 3.63) is 17.3 Å². The molecule has 0 spiro atoms. The van der Waals surface area contributed by atoms with E-state index in [4.69, 9.17) is 0 Å². The molecule has 1 fully saturated rings. The lowest BCUT2D eigenvalue weighted by Gasteiger charge is -2.21. The molecule has 0 aliphatic carbocycles. The predicted molar refractivity (Wildman–Crippen MR) is 83.1 cm³/mol. The van der Waals surface area contributed by atoms with E-state index in [0.717, 1.165) is 17.2 Å². The van der Waals surface area contributed by atoms with Crippen molar-refractivity contribution < 1.29 is 0 Å². The Morgan fingerprint density at radius 2 is 2.21 bits per heavy atom. The lowest BCUT2D eigenvalue weighted by molar-refractivity contribution is 0.408. The van der Waals surface area contributed by atoms with Gasteiger partial charge in [-0.3, -0.25) is 0 Å². The van der Waals surface area contributed by atoms with Gasteiger partial charge in [0.1, 0.15) is 16.2 Å². The number of piperidine rings is 1. The van der Waals surface area contributed by atoms with Crippen molar-refractivity contribution in [1.29, 1.82) is 0 Å². The Hall–Kier alpha value is -0.650. The van der Waals surface area contributed by atoms with Gasteiger partial charge in [-0.15, -0.1) is 23.1 Å². The van der Waals surface area contributed by atoms with Crippen LogP contribution in [0.4, 0.5) is 0 Å². The molecule has 2 aromatic rings. The highest BCUT2D eigenvalue weighted by atomic mass is 32.2. The summed E-state index contributed by atoms with van der Waals surface area (Å²) >= 11 is 3.71. The highest BCUT2D eigenvalue weighted by Gasteiger charge is 2.15. The van der Waals surface area contributed by atoms with Gasteiger partial charge < -0.3 is 5.32 Å². The van der Waals surface area contributed by atoms with E-state index in [2.05, 4.69) is 28.3 Å². The number of nitrogens with one attached hydrogen (secondary N) is 1. The molecule has 1 aliphatic rings. The highest BCUT2D eigenvalue weighted by Crippen LogP contribution is 2.32. The monoisotopic (exact) mass is 293 g/mol. The number of hydrogen-bond donors (Lipinski definition) is 1. The van der Waals surface area contributed by atoms with Gasteiger partial charge >= 0.3 is 0 Å². The first kappa shape index (κ1) is 13.3. The molecule has 0 unspecified atom stereocenters. The van der Waals surface area contributed by atoms with Crippen LogP contribution in [0.3, 0.4) is 0 Å². The Kier molecular flexibility index (Phi) is 4.35. The number of aryl methyl sites for hydroxylation is 1. The van der Waals surface area contributed by atoms with Gasteiger partial charge in [0, 0.05) is 16.0 Å². The van der Waals surface area contributed by atoms with Gasteiger partial charge in [0.05, 0.1) is 0 Å². The van der Waals surface area contributed by atoms with Crippen molar-refractivity contribution in [3.8, 4) is 0 Å². The summed E-state index contributed by atoms with van der Waals surface area (Å²) in [6.07, 6.45) is 5.39. The predicted octanol–water partition coefficient (Wildman–Crippen LogP) is 3.35. The van der Waals surface area contributed by atoms with Crippen LogP contribution in [0.25, 0.3) is 10.2 Å². The zero-order chi connectivity index (χ0) is 13.1. The number of rotatable bonds is 4. The number of thiophene rings is 1. The number of nitrogens with zero attached hydrogens (tertiary/aromatic N) is 2. The van der Waals surface area contributed by atoms with Crippen molar-refractivity contribution in [3.63, 3.8) is 0 Å². The van der Waals surface area contributed by atoms with Crippen molar-refractivity contribution in [2.24, 2.45) is 5.92 Å². The van der Waals surface area contributed by atoms with Crippen LogP contribution in [0.5, 0.6) is 0 Å². The minimum Gasteiger partial charge on any atom is -0.317 e.